The van der Waals surface area contributed by atoms with Gasteiger partial charge in [-0.15, -0.1) is 0 Å². The van der Waals surface area contributed by atoms with Gasteiger partial charge >= 0.3 is 0 Å². The van der Waals surface area contributed by atoms with E-state index in [0.717, 1.165) is 24.0 Å². The Balaban J connectivity index is 1.64. The van der Waals surface area contributed by atoms with E-state index in [9.17, 15) is 9.18 Å². The summed E-state index contributed by atoms with van der Waals surface area (Å²) in [6.07, 6.45) is 6.52. The summed E-state index contributed by atoms with van der Waals surface area (Å²) in [6.45, 7) is 0.702. The second-order valence-corrected chi connectivity index (χ2v) is 6.17. The van der Waals surface area contributed by atoms with Crippen molar-refractivity contribution in [2.45, 2.75) is 37.8 Å². The lowest BCUT2D eigenvalue weighted by Crippen LogP contribution is -2.36. The Hall–Kier alpha value is -2.21. The molecule has 1 aromatic heterocycles. The zero-order chi connectivity index (χ0) is 16.9. The minimum atomic E-state index is -0.284. The van der Waals surface area contributed by atoms with Gasteiger partial charge in [0.1, 0.15) is 5.82 Å². The molecule has 1 N–H and O–H groups in total. The Morgan fingerprint density at radius 2 is 2.25 bits per heavy atom. The van der Waals surface area contributed by atoms with Gasteiger partial charge < -0.3 is 10.1 Å². The monoisotopic (exact) mass is 331 g/mol. The summed E-state index contributed by atoms with van der Waals surface area (Å²) in [5.74, 6) is -0.323. The Kier molecular flexibility index (Phi) is 5.25. The van der Waals surface area contributed by atoms with Gasteiger partial charge in [0.05, 0.1) is 18.3 Å². The highest BCUT2D eigenvalue weighted by molar-refractivity contribution is 5.76. The largest absolute Gasteiger partial charge is 0.376 e. The van der Waals surface area contributed by atoms with Crippen molar-refractivity contribution in [1.29, 1.82) is 0 Å². The molecule has 1 aliphatic rings. The van der Waals surface area contributed by atoms with Gasteiger partial charge in [0.2, 0.25) is 5.91 Å². The minimum absolute atomic E-state index is 0.0383. The highest BCUT2D eigenvalue weighted by Gasteiger charge is 2.28. The number of halogens is 1. The van der Waals surface area contributed by atoms with Gasteiger partial charge in [-0.3, -0.25) is 9.48 Å². The van der Waals surface area contributed by atoms with Crippen LogP contribution in [0.4, 0.5) is 4.39 Å². The first-order valence-electron chi connectivity index (χ1n) is 8.26. The zero-order valence-corrected chi connectivity index (χ0v) is 13.7. The lowest BCUT2D eigenvalue weighted by molar-refractivity contribution is -0.122. The van der Waals surface area contributed by atoms with E-state index in [2.05, 4.69) is 10.4 Å². The maximum atomic E-state index is 13.2. The number of nitrogens with zero attached hydrogens (tertiary/aromatic N) is 2. The standard InChI is InChI=1S/C18H22FN3O2/c1-22-12-13(11-20-22)4-9-17(23)21-18(16-3-2-10-24-16)14-5-7-15(19)8-6-14/h5-8,11-12,16,18H,2-4,9-10H2,1H3,(H,21,23)/t16-,18-/m1/s1. The molecular weight excluding hydrogens is 309 g/mol. The fourth-order valence-electron chi connectivity index (χ4n) is 3.03. The Labute approximate surface area is 140 Å². The SMILES string of the molecule is Cn1cc(CCC(=O)N[C@H](c2ccc(F)cc2)[C@H]2CCCO2)cn1. The van der Waals surface area contributed by atoms with Crippen molar-refractivity contribution >= 4 is 5.91 Å². The number of hydrogen-bond acceptors (Lipinski definition) is 3. The number of aryl methyl sites for hydroxylation is 2. The third-order valence-electron chi connectivity index (χ3n) is 4.28. The van der Waals surface area contributed by atoms with Crippen LogP contribution in [0.5, 0.6) is 0 Å². The van der Waals surface area contributed by atoms with Crippen LogP contribution in [0.1, 0.15) is 36.4 Å². The smallest absolute Gasteiger partial charge is 0.220 e. The number of rotatable bonds is 6. The van der Waals surface area contributed by atoms with E-state index in [4.69, 9.17) is 4.74 Å². The Morgan fingerprint density at radius 1 is 1.46 bits per heavy atom. The summed E-state index contributed by atoms with van der Waals surface area (Å²) in [5, 5.41) is 7.16. The van der Waals surface area contributed by atoms with E-state index >= 15 is 0 Å². The summed E-state index contributed by atoms with van der Waals surface area (Å²) in [4.78, 5) is 12.4. The lowest BCUT2D eigenvalue weighted by Gasteiger charge is -2.24. The van der Waals surface area contributed by atoms with Gasteiger partial charge in [0.25, 0.3) is 0 Å². The minimum Gasteiger partial charge on any atom is -0.376 e. The second-order valence-electron chi connectivity index (χ2n) is 6.17. The van der Waals surface area contributed by atoms with Crippen LogP contribution in [-0.2, 0) is 23.0 Å². The number of benzene rings is 1. The van der Waals surface area contributed by atoms with E-state index in [1.165, 1.54) is 12.1 Å². The van der Waals surface area contributed by atoms with Crippen molar-refractivity contribution in [3.05, 3.63) is 53.6 Å². The number of amides is 1. The molecule has 24 heavy (non-hydrogen) atoms. The molecule has 0 aliphatic carbocycles. The van der Waals surface area contributed by atoms with E-state index in [1.54, 1.807) is 23.0 Å². The molecule has 0 unspecified atom stereocenters. The molecule has 1 fully saturated rings. The topological polar surface area (TPSA) is 56.2 Å². The number of carbonyl (C=O) groups is 1. The molecule has 3 rings (SSSR count). The molecular formula is C18H22FN3O2. The molecule has 6 heteroatoms. The van der Waals surface area contributed by atoms with Crippen molar-refractivity contribution in [2.24, 2.45) is 7.05 Å². The first-order valence-corrected chi connectivity index (χ1v) is 8.26. The number of carbonyl (C=O) groups excluding carboxylic acids is 1. The molecule has 0 spiro atoms. The molecule has 1 aromatic carbocycles. The Bertz CT molecular complexity index is 678. The number of nitrogens with one attached hydrogen (secondary N) is 1. The third kappa shape index (κ3) is 4.20. The van der Waals surface area contributed by atoms with E-state index in [1.807, 2.05) is 13.2 Å². The molecule has 1 amide bonds. The summed E-state index contributed by atoms with van der Waals surface area (Å²) in [7, 11) is 1.85. The van der Waals surface area contributed by atoms with E-state index in [-0.39, 0.29) is 23.9 Å². The van der Waals surface area contributed by atoms with Crippen LogP contribution in [-0.4, -0.2) is 28.4 Å². The van der Waals surface area contributed by atoms with Crippen LogP contribution >= 0.6 is 0 Å². The third-order valence-corrected chi connectivity index (χ3v) is 4.28. The summed E-state index contributed by atoms with van der Waals surface area (Å²) in [5.41, 5.74) is 1.90. The fourth-order valence-corrected chi connectivity index (χ4v) is 3.03. The lowest BCUT2D eigenvalue weighted by atomic mass is 9.99. The molecule has 2 aromatic rings. The molecule has 0 saturated carbocycles. The summed E-state index contributed by atoms with van der Waals surface area (Å²) < 4.78 is 20.6. The average Bonchev–Trinajstić information content (AvgIpc) is 3.23. The van der Waals surface area contributed by atoms with Crippen LogP contribution in [0.15, 0.2) is 36.7 Å². The second kappa shape index (κ2) is 7.57. The van der Waals surface area contributed by atoms with Gasteiger partial charge in [-0.25, -0.2) is 4.39 Å². The molecule has 128 valence electrons. The molecule has 2 heterocycles. The normalized spacial score (nSPS) is 18.5. The number of ether oxygens (including phenoxy) is 1. The quantitative estimate of drug-likeness (QED) is 0.885. The van der Waals surface area contributed by atoms with Gasteiger partial charge in [0, 0.05) is 26.3 Å². The molecule has 5 nitrogen and oxygen atoms in total. The molecule has 0 radical (unpaired) electrons. The van der Waals surface area contributed by atoms with Crippen LogP contribution in [0.2, 0.25) is 0 Å². The van der Waals surface area contributed by atoms with Crippen molar-refractivity contribution < 1.29 is 13.9 Å². The zero-order valence-electron chi connectivity index (χ0n) is 13.7. The molecule has 0 bridgehead atoms. The number of hydrogen-bond donors (Lipinski definition) is 1. The molecule has 1 saturated heterocycles. The highest BCUT2D eigenvalue weighted by atomic mass is 19.1. The van der Waals surface area contributed by atoms with Crippen LogP contribution < -0.4 is 5.32 Å². The molecule has 1 aliphatic heterocycles. The predicted octanol–water partition coefficient (Wildman–Crippen LogP) is 2.53. The van der Waals surface area contributed by atoms with E-state index < -0.39 is 0 Å². The van der Waals surface area contributed by atoms with E-state index in [0.29, 0.717) is 19.4 Å². The highest BCUT2D eigenvalue weighted by Crippen LogP contribution is 2.27. The van der Waals surface area contributed by atoms with Gasteiger partial charge in [-0.2, -0.15) is 5.10 Å². The van der Waals surface area contributed by atoms with Gasteiger partial charge in [-0.1, -0.05) is 12.1 Å². The van der Waals surface area contributed by atoms with Crippen molar-refractivity contribution in [1.82, 2.24) is 15.1 Å². The van der Waals surface area contributed by atoms with Crippen LogP contribution in [0.3, 0.4) is 0 Å². The van der Waals surface area contributed by atoms with Crippen molar-refractivity contribution in [3.63, 3.8) is 0 Å². The van der Waals surface area contributed by atoms with Crippen LogP contribution in [0, 0.1) is 5.82 Å². The first-order chi connectivity index (χ1) is 11.6. The van der Waals surface area contributed by atoms with Crippen LogP contribution in [0.25, 0.3) is 0 Å². The first kappa shape index (κ1) is 16.6. The number of aromatic nitrogens is 2. The van der Waals surface area contributed by atoms with Gasteiger partial charge in [-0.05, 0) is 42.5 Å². The Morgan fingerprint density at radius 3 is 2.88 bits per heavy atom. The average molecular weight is 331 g/mol. The fraction of sp³-hybridized carbons (Fsp3) is 0.444. The van der Waals surface area contributed by atoms with Crippen molar-refractivity contribution in [2.75, 3.05) is 6.61 Å². The maximum absolute atomic E-state index is 13.2. The van der Waals surface area contributed by atoms with Gasteiger partial charge in [0.15, 0.2) is 0 Å². The van der Waals surface area contributed by atoms with Crippen molar-refractivity contribution in [3.8, 4) is 0 Å². The summed E-state index contributed by atoms with van der Waals surface area (Å²) in [6, 6.07) is 6.01. The molecule has 2 atom stereocenters. The summed E-state index contributed by atoms with van der Waals surface area (Å²) >= 11 is 0. The predicted molar refractivity (Wildman–Crippen MR) is 87.8 cm³/mol. The maximum Gasteiger partial charge on any atom is 0.220 e.